The van der Waals surface area contributed by atoms with Crippen LogP contribution in [0.5, 0.6) is 5.75 Å². The number of rotatable bonds is 3. The van der Waals surface area contributed by atoms with Crippen molar-refractivity contribution in [1.29, 1.82) is 0 Å². The van der Waals surface area contributed by atoms with Crippen LogP contribution in [-0.4, -0.2) is 19.6 Å². The minimum Gasteiger partial charge on any atom is -0.508 e. The summed E-state index contributed by atoms with van der Waals surface area (Å²) in [6, 6.07) is 6.45. The van der Waals surface area contributed by atoms with E-state index in [2.05, 4.69) is 4.98 Å². The fourth-order valence-electron chi connectivity index (χ4n) is 1.28. The molecule has 0 radical (unpaired) electrons. The molecule has 0 aliphatic rings. The second-order valence-electron chi connectivity index (χ2n) is 3.34. The Morgan fingerprint density at radius 2 is 2.06 bits per heavy atom. The molecule has 0 aliphatic heterocycles. The topological polar surface area (TPSA) is 81.2 Å². The molecule has 0 unspecified atom stereocenters. The Labute approximate surface area is 101 Å². The molecular weight excluding hydrogens is 242 g/mol. The maximum Gasteiger partial charge on any atom is 0.396 e. The van der Waals surface area contributed by atoms with E-state index >= 15 is 0 Å². The third kappa shape index (κ3) is 2.39. The molecule has 88 valence electrons. The molecule has 0 spiro atoms. The molecule has 1 aromatic heterocycles. The number of aryl methyl sites for hydroxylation is 1. The van der Waals surface area contributed by atoms with E-state index in [1.807, 2.05) is 0 Å². The molecule has 0 aliphatic carbocycles. The van der Waals surface area contributed by atoms with Crippen molar-refractivity contribution in [3.05, 3.63) is 40.7 Å². The van der Waals surface area contributed by atoms with Gasteiger partial charge in [0.2, 0.25) is 6.33 Å². The van der Waals surface area contributed by atoms with Crippen molar-refractivity contribution in [2.75, 3.05) is 0 Å². The number of nitrogens with zero attached hydrogens (tertiary/aromatic N) is 3. The monoisotopic (exact) mass is 251 g/mol. The second kappa shape index (κ2) is 4.46. The first-order valence-corrected chi connectivity index (χ1v) is 5.52. The quantitative estimate of drug-likeness (QED) is 0.668. The van der Waals surface area contributed by atoms with Gasteiger partial charge in [0.25, 0.3) is 0 Å². The summed E-state index contributed by atoms with van der Waals surface area (Å²) in [5.41, 5.74) is 0. The fourth-order valence-corrected chi connectivity index (χ4v) is 2.18. The molecule has 6 nitrogen and oxygen atoms in total. The van der Waals surface area contributed by atoms with Crippen LogP contribution in [0.3, 0.4) is 0 Å². The van der Waals surface area contributed by atoms with Gasteiger partial charge in [-0.25, -0.2) is 0 Å². The zero-order valence-corrected chi connectivity index (χ0v) is 9.72. The van der Waals surface area contributed by atoms with E-state index < -0.39 is 4.92 Å². The third-order valence-electron chi connectivity index (χ3n) is 2.09. The van der Waals surface area contributed by atoms with E-state index in [1.165, 1.54) is 30.2 Å². The van der Waals surface area contributed by atoms with Crippen LogP contribution in [0.25, 0.3) is 0 Å². The van der Waals surface area contributed by atoms with Crippen molar-refractivity contribution in [3.63, 3.8) is 0 Å². The van der Waals surface area contributed by atoms with Gasteiger partial charge in [0.1, 0.15) is 5.75 Å². The highest BCUT2D eigenvalue weighted by Gasteiger charge is 2.20. The summed E-state index contributed by atoms with van der Waals surface area (Å²) < 4.78 is 1.59. The molecule has 1 heterocycles. The van der Waals surface area contributed by atoms with Crippen molar-refractivity contribution < 1.29 is 10.0 Å². The van der Waals surface area contributed by atoms with Crippen molar-refractivity contribution in [2.24, 2.45) is 7.05 Å². The van der Waals surface area contributed by atoms with Crippen molar-refractivity contribution in [1.82, 2.24) is 9.55 Å². The second-order valence-corrected chi connectivity index (χ2v) is 4.40. The fraction of sp³-hybridized carbons (Fsp3) is 0.100. The highest BCUT2D eigenvalue weighted by molar-refractivity contribution is 7.99. The molecule has 1 N–H and O–H groups in total. The largest absolute Gasteiger partial charge is 0.508 e. The van der Waals surface area contributed by atoms with E-state index in [1.54, 1.807) is 23.7 Å². The lowest BCUT2D eigenvalue weighted by Gasteiger charge is -2.01. The van der Waals surface area contributed by atoms with Crippen molar-refractivity contribution >= 4 is 17.6 Å². The van der Waals surface area contributed by atoms with Gasteiger partial charge >= 0.3 is 5.82 Å². The van der Waals surface area contributed by atoms with Crippen LogP contribution >= 0.6 is 11.8 Å². The molecule has 0 bridgehead atoms. The van der Waals surface area contributed by atoms with Gasteiger partial charge < -0.3 is 19.8 Å². The number of aromatic hydroxyl groups is 1. The lowest BCUT2D eigenvalue weighted by Crippen LogP contribution is -1.93. The number of phenolic OH excluding ortho intramolecular Hbond substituents is 1. The number of hydrogen-bond acceptors (Lipinski definition) is 5. The average Bonchev–Trinajstić information content (AvgIpc) is 2.64. The lowest BCUT2D eigenvalue weighted by molar-refractivity contribution is -0.392. The molecule has 2 rings (SSSR count). The highest BCUT2D eigenvalue weighted by Crippen LogP contribution is 2.33. The summed E-state index contributed by atoms with van der Waals surface area (Å²) >= 11 is 1.23. The maximum absolute atomic E-state index is 10.8. The Bertz CT molecular complexity index is 550. The molecule has 0 saturated heterocycles. The highest BCUT2D eigenvalue weighted by atomic mass is 32.2. The predicted molar refractivity (Wildman–Crippen MR) is 62.1 cm³/mol. The summed E-state index contributed by atoms with van der Waals surface area (Å²) in [7, 11) is 1.70. The summed E-state index contributed by atoms with van der Waals surface area (Å²) in [5, 5.41) is 20.4. The summed E-state index contributed by atoms with van der Waals surface area (Å²) in [5.74, 6) is -0.000527. The minimum atomic E-state index is -0.511. The molecule has 1 aromatic carbocycles. The Balaban J connectivity index is 2.32. The van der Waals surface area contributed by atoms with Gasteiger partial charge in [-0.3, -0.25) is 0 Å². The van der Waals surface area contributed by atoms with Crippen molar-refractivity contribution in [2.45, 2.75) is 9.92 Å². The van der Waals surface area contributed by atoms with Crippen LogP contribution < -0.4 is 0 Å². The maximum atomic E-state index is 10.8. The SMILES string of the molecule is Cn1cnc([N+](=O)[O-])c1Sc1ccc(O)cc1. The first kappa shape index (κ1) is 11.5. The summed E-state index contributed by atoms with van der Waals surface area (Å²) in [4.78, 5) is 14.8. The van der Waals surface area contributed by atoms with Gasteiger partial charge in [-0.2, -0.15) is 0 Å². The van der Waals surface area contributed by atoms with Gasteiger partial charge in [0.05, 0.1) is 0 Å². The van der Waals surface area contributed by atoms with Crippen LogP contribution in [-0.2, 0) is 7.05 Å². The molecule has 17 heavy (non-hydrogen) atoms. The van der Waals surface area contributed by atoms with Crippen molar-refractivity contribution in [3.8, 4) is 5.75 Å². The Hall–Kier alpha value is -2.02. The Kier molecular flexibility index (Phi) is 3.01. The molecule has 7 heteroatoms. The molecule has 0 atom stereocenters. The van der Waals surface area contributed by atoms with E-state index in [0.29, 0.717) is 5.03 Å². The summed E-state index contributed by atoms with van der Waals surface area (Å²) in [6.07, 6.45) is 1.40. The first-order valence-electron chi connectivity index (χ1n) is 4.70. The number of phenols is 1. The van der Waals surface area contributed by atoms with E-state index in [0.717, 1.165) is 4.90 Å². The van der Waals surface area contributed by atoms with Crippen LogP contribution in [0.1, 0.15) is 0 Å². The van der Waals surface area contributed by atoms with Gasteiger partial charge in [-0.05, 0) is 34.2 Å². The van der Waals surface area contributed by atoms with E-state index in [-0.39, 0.29) is 11.6 Å². The molecule has 0 amide bonds. The molecule has 2 aromatic rings. The smallest absolute Gasteiger partial charge is 0.396 e. The van der Waals surface area contributed by atoms with Crippen LogP contribution in [0, 0.1) is 10.1 Å². The third-order valence-corrected chi connectivity index (χ3v) is 3.26. The van der Waals surface area contributed by atoms with Crippen LogP contribution in [0.4, 0.5) is 5.82 Å². The lowest BCUT2D eigenvalue weighted by atomic mass is 10.3. The first-order chi connectivity index (χ1) is 8.08. The number of benzene rings is 1. The zero-order valence-electron chi connectivity index (χ0n) is 8.90. The predicted octanol–water partition coefficient (Wildman–Crippen LogP) is 2.19. The number of nitro groups is 1. The molecule has 0 fully saturated rings. The van der Waals surface area contributed by atoms with Crippen LogP contribution in [0.2, 0.25) is 0 Å². The standard InChI is InChI=1S/C10H9N3O3S/c1-12-6-11-9(13(15)16)10(12)17-8-4-2-7(14)3-5-8/h2-6,14H,1H3. The number of imidazole rings is 1. The Morgan fingerprint density at radius 1 is 1.41 bits per heavy atom. The average molecular weight is 251 g/mol. The van der Waals surface area contributed by atoms with Gasteiger partial charge in [-0.15, -0.1) is 0 Å². The van der Waals surface area contributed by atoms with E-state index in [9.17, 15) is 10.1 Å². The summed E-state index contributed by atoms with van der Waals surface area (Å²) in [6.45, 7) is 0. The Morgan fingerprint density at radius 3 is 2.65 bits per heavy atom. The normalized spacial score (nSPS) is 10.4. The molecular formula is C10H9N3O3S. The molecule has 0 saturated carbocycles. The van der Waals surface area contributed by atoms with Gasteiger partial charge in [0.15, 0.2) is 5.03 Å². The van der Waals surface area contributed by atoms with Gasteiger partial charge in [0, 0.05) is 11.9 Å². The number of aromatic nitrogens is 2. The minimum absolute atomic E-state index is 0.161. The van der Waals surface area contributed by atoms with Gasteiger partial charge in [-0.1, -0.05) is 11.8 Å². The number of hydrogen-bond donors (Lipinski definition) is 1. The van der Waals surface area contributed by atoms with Crippen LogP contribution in [0.15, 0.2) is 40.5 Å². The zero-order chi connectivity index (χ0) is 12.4. The van der Waals surface area contributed by atoms with E-state index in [4.69, 9.17) is 5.11 Å².